The largest absolute Gasteiger partial charge is 0.480 e. The summed E-state index contributed by atoms with van der Waals surface area (Å²) in [6.45, 7) is 0. The van der Waals surface area contributed by atoms with Gasteiger partial charge in [-0.3, -0.25) is 14.9 Å². The number of aliphatic carboxylic acids is 1. The first-order chi connectivity index (χ1) is 11.9. The first kappa shape index (κ1) is 18.1. The van der Waals surface area contributed by atoms with Crippen molar-refractivity contribution in [2.75, 3.05) is 0 Å². The van der Waals surface area contributed by atoms with E-state index in [1.54, 1.807) is 12.1 Å². The molecule has 7 nitrogen and oxygen atoms in total. The Bertz CT molecular complexity index is 809. The van der Waals surface area contributed by atoms with E-state index in [1.165, 1.54) is 36.4 Å². The molecule has 0 saturated heterocycles. The molecule has 2 aromatic rings. The summed E-state index contributed by atoms with van der Waals surface area (Å²) in [4.78, 5) is 33.8. The van der Waals surface area contributed by atoms with Gasteiger partial charge < -0.3 is 10.4 Å². The minimum absolute atomic E-state index is 0.196. The molecule has 0 radical (unpaired) electrons. The molecule has 0 saturated carbocycles. The zero-order valence-electron chi connectivity index (χ0n) is 13.0. The molecule has 2 rings (SSSR count). The highest BCUT2D eigenvalue weighted by molar-refractivity contribution is 5.85. The molecule has 1 amide bonds. The van der Waals surface area contributed by atoms with Crippen molar-refractivity contribution in [3.8, 4) is 0 Å². The van der Waals surface area contributed by atoms with Crippen LogP contribution in [0.4, 0.5) is 10.1 Å². The molecule has 0 aromatic heterocycles. The molecule has 0 aliphatic carbocycles. The van der Waals surface area contributed by atoms with E-state index in [2.05, 4.69) is 5.32 Å². The molecular weight excluding hydrogens is 331 g/mol. The van der Waals surface area contributed by atoms with Gasteiger partial charge in [-0.05, 0) is 17.7 Å². The van der Waals surface area contributed by atoms with Gasteiger partial charge in [-0.15, -0.1) is 0 Å². The second-order valence-corrected chi connectivity index (χ2v) is 5.35. The van der Waals surface area contributed by atoms with Gasteiger partial charge in [-0.1, -0.05) is 30.3 Å². The van der Waals surface area contributed by atoms with Crippen LogP contribution >= 0.6 is 0 Å². The van der Waals surface area contributed by atoms with Crippen LogP contribution in [0.5, 0.6) is 0 Å². The molecule has 0 aliphatic heterocycles. The Morgan fingerprint density at radius 3 is 2.56 bits per heavy atom. The number of halogens is 1. The average molecular weight is 346 g/mol. The van der Waals surface area contributed by atoms with Gasteiger partial charge in [0.05, 0.1) is 11.3 Å². The van der Waals surface area contributed by atoms with E-state index < -0.39 is 28.7 Å². The van der Waals surface area contributed by atoms with E-state index >= 15 is 0 Å². The summed E-state index contributed by atoms with van der Waals surface area (Å²) in [5, 5.41) is 22.6. The normalized spacial score (nSPS) is 11.6. The first-order valence-electron chi connectivity index (χ1n) is 7.35. The molecule has 25 heavy (non-hydrogen) atoms. The van der Waals surface area contributed by atoms with E-state index in [1.807, 2.05) is 0 Å². The van der Waals surface area contributed by atoms with Gasteiger partial charge in [0.25, 0.3) is 5.69 Å². The van der Waals surface area contributed by atoms with Gasteiger partial charge in [0, 0.05) is 18.1 Å². The molecule has 8 heteroatoms. The van der Waals surface area contributed by atoms with Crippen molar-refractivity contribution in [3.05, 3.63) is 75.6 Å². The van der Waals surface area contributed by atoms with Gasteiger partial charge in [-0.25, -0.2) is 9.18 Å². The molecule has 2 N–H and O–H groups in total. The summed E-state index contributed by atoms with van der Waals surface area (Å²) >= 11 is 0. The summed E-state index contributed by atoms with van der Waals surface area (Å²) in [7, 11) is 0. The lowest BCUT2D eigenvalue weighted by Gasteiger charge is -2.15. The molecule has 0 fully saturated rings. The first-order valence-corrected chi connectivity index (χ1v) is 7.35. The van der Waals surface area contributed by atoms with Crippen molar-refractivity contribution in [3.63, 3.8) is 0 Å². The number of nitrogens with one attached hydrogen (secondary N) is 1. The fourth-order valence-corrected chi connectivity index (χ4v) is 2.36. The van der Waals surface area contributed by atoms with Crippen LogP contribution in [0.3, 0.4) is 0 Å². The highest BCUT2D eigenvalue weighted by Gasteiger charge is 2.24. The van der Waals surface area contributed by atoms with Gasteiger partial charge in [-0.2, -0.15) is 0 Å². The van der Waals surface area contributed by atoms with Crippen LogP contribution in [-0.2, 0) is 22.4 Å². The second-order valence-electron chi connectivity index (χ2n) is 5.35. The van der Waals surface area contributed by atoms with E-state index in [0.717, 1.165) is 0 Å². The maximum Gasteiger partial charge on any atom is 0.326 e. The van der Waals surface area contributed by atoms with Gasteiger partial charge in [0.15, 0.2) is 0 Å². The number of carboxylic acid groups (broad SMARTS) is 1. The predicted molar refractivity (Wildman–Crippen MR) is 86.5 cm³/mol. The third-order valence-corrected chi connectivity index (χ3v) is 3.50. The van der Waals surface area contributed by atoms with Crippen molar-refractivity contribution in [1.82, 2.24) is 5.32 Å². The number of amides is 1. The summed E-state index contributed by atoms with van der Waals surface area (Å²) in [6, 6.07) is 9.79. The average Bonchev–Trinajstić information content (AvgIpc) is 2.54. The summed E-state index contributed by atoms with van der Waals surface area (Å²) in [5.41, 5.74) is 0.381. The SMILES string of the molecule is O=C(Cc1cccc(F)c1)N[C@@H](Cc1ccccc1[N+](=O)[O-])C(=O)O. The van der Waals surface area contributed by atoms with E-state index in [4.69, 9.17) is 0 Å². The lowest BCUT2D eigenvalue weighted by molar-refractivity contribution is -0.385. The minimum Gasteiger partial charge on any atom is -0.480 e. The number of hydrogen-bond donors (Lipinski definition) is 2. The number of carboxylic acids is 1. The lowest BCUT2D eigenvalue weighted by atomic mass is 10.0. The summed E-state index contributed by atoms with van der Waals surface area (Å²) < 4.78 is 13.1. The lowest BCUT2D eigenvalue weighted by Crippen LogP contribution is -2.43. The van der Waals surface area contributed by atoms with E-state index in [0.29, 0.717) is 5.56 Å². The van der Waals surface area contributed by atoms with Crippen molar-refractivity contribution in [2.24, 2.45) is 0 Å². The predicted octanol–water partition coefficient (Wildman–Crippen LogP) is 2.09. The number of nitro groups is 1. The Kier molecular flexibility index (Phi) is 5.78. The fourth-order valence-electron chi connectivity index (χ4n) is 2.36. The standard InChI is InChI=1S/C17H15FN2O5/c18-13-6-3-4-11(8-13)9-16(21)19-14(17(22)23)10-12-5-1-2-7-15(12)20(24)25/h1-8,14H,9-10H2,(H,19,21)(H,22,23)/t14-/m0/s1. The third kappa shape index (κ3) is 5.10. The second kappa shape index (κ2) is 8.00. The van der Waals surface area contributed by atoms with Crippen LogP contribution in [0.2, 0.25) is 0 Å². The highest BCUT2D eigenvalue weighted by Crippen LogP contribution is 2.19. The molecule has 2 aromatic carbocycles. The van der Waals surface area contributed by atoms with Gasteiger partial charge in [0.2, 0.25) is 5.91 Å². The quantitative estimate of drug-likeness (QED) is 0.589. The Balaban J connectivity index is 2.10. The Labute approximate surface area is 142 Å². The topological polar surface area (TPSA) is 110 Å². The third-order valence-electron chi connectivity index (χ3n) is 3.50. The zero-order chi connectivity index (χ0) is 18.4. The minimum atomic E-state index is -1.33. The number of rotatable bonds is 7. The zero-order valence-corrected chi connectivity index (χ0v) is 13.0. The Morgan fingerprint density at radius 2 is 1.92 bits per heavy atom. The van der Waals surface area contributed by atoms with E-state index in [9.17, 15) is 29.2 Å². The molecule has 0 spiro atoms. The molecule has 0 heterocycles. The number of carbonyl (C=O) groups is 2. The van der Waals surface area contributed by atoms with Crippen molar-refractivity contribution < 1.29 is 24.0 Å². The van der Waals surface area contributed by atoms with Crippen molar-refractivity contribution in [1.29, 1.82) is 0 Å². The monoisotopic (exact) mass is 346 g/mol. The van der Waals surface area contributed by atoms with Crippen LogP contribution in [-0.4, -0.2) is 27.9 Å². The fraction of sp³-hybridized carbons (Fsp3) is 0.176. The summed E-state index contributed by atoms with van der Waals surface area (Å²) in [5.74, 6) is -2.43. The highest BCUT2D eigenvalue weighted by atomic mass is 19.1. The number of carbonyl (C=O) groups excluding carboxylic acids is 1. The Hall–Kier alpha value is -3.29. The number of hydrogen-bond acceptors (Lipinski definition) is 4. The van der Waals surface area contributed by atoms with Crippen molar-refractivity contribution in [2.45, 2.75) is 18.9 Å². The molecular formula is C17H15FN2O5. The van der Waals surface area contributed by atoms with Gasteiger partial charge in [0.1, 0.15) is 11.9 Å². The Morgan fingerprint density at radius 1 is 1.20 bits per heavy atom. The number of benzene rings is 2. The molecule has 130 valence electrons. The van der Waals surface area contributed by atoms with Crippen LogP contribution in [0.15, 0.2) is 48.5 Å². The maximum atomic E-state index is 13.1. The summed E-state index contributed by atoms with van der Waals surface area (Å²) in [6.07, 6.45) is -0.431. The molecule has 1 atom stereocenters. The van der Waals surface area contributed by atoms with Crippen molar-refractivity contribution >= 4 is 17.6 Å². The smallest absolute Gasteiger partial charge is 0.326 e. The number of nitrogens with zero attached hydrogens (tertiary/aromatic N) is 1. The van der Waals surface area contributed by atoms with Crippen LogP contribution in [0, 0.1) is 15.9 Å². The maximum absolute atomic E-state index is 13.1. The van der Waals surface area contributed by atoms with Crippen LogP contribution in [0.1, 0.15) is 11.1 Å². The van der Waals surface area contributed by atoms with Crippen LogP contribution < -0.4 is 5.32 Å². The van der Waals surface area contributed by atoms with Gasteiger partial charge >= 0.3 is 5.97 Å². The number of para-hydroxylation sites is 1. The molecule has 0 bridgehead atoms. The van der Waals surface area contributed by atoms with Crippen LogP contribution in [0.25, 0.3) is 0 Å². The molecule has 0 unspecified atom stereocenters. The van der Waals surface area contributed by atoms with E-state index in [-0.39, 0.29) is 24.1 Å². The number of nitro benzene ring substituents is 1. The molecule has 0 aliphatic rings.